The quantitative estimate of drug-likeness (QED) is 0.320. The van der Waals surface area contributed by atoms with E-state index in [1.165, 1.54) is 36.4 Å². The largest absolute Gasteiger partial charge is 0.465 e. The second-order valence-electron chi connectivity index (χ2n) is 5.56. The number of carbonyl (C=O) groups excluding carboxylic acids is 2. The number of rotatable bonds is 6. The maximum Gasteiger partial charge on any atom is 0.339 e. The third kappa shape index (κ3) is 4.93. The van der Waals surface area contributed by atoms with Crippen LogP contribution in [0.4, 0.5) is 0 Å². The van der Waals surface area contributed by atoms with Gasteiger partial charge in [-0.3, -0.25) is 5.41 Å². The molecule has 160 valence electrons. The molecule has 13 heteroatoms. The first-order chi connectivity index (χ1) is 14.0. The van der Waals surface area contributed by atoms with Gasteiger partial charge < -0.3 is 9.47 Å². The Bertz CT molecular complexity index is 1110. The lowest BCUT2D eigenvalue weighted by atomic mass is 10.2. The number of esters is 2. The Labute approximate surface area is 172 Å². The van der Waals surface area contributed by atoms with E-state index >= 15 is 0 Å². The highest BCUT2D eigenvalue weighted by molar-refractivity contribution is 7.91. The summed E-state index contributed by atoms with van der Waals surface area (Å²) in [7, 11) is -6.92. The van der Waals surface area contributed by atoms with Crippen LogP contribution < -0.4 is 9.44 Å². The van der Waals surface area contributed by atoms with Crippen LogP contribution in [-0.2, 0) is 29.5 Å². The molecule has 0 atom stereocenters. The van der Waals surface area contributed by atoms with E-state index in [0.717, 1.165) is 26.4 Å². The molecule has 0 fully saturated rings. The number of sulfonamides is 2. The van der Waals surface area contributed by atoms with E-state index in [1.54, 1.807) is 9.44 Å². The number of hydrogen-bond acceptors (Lipinski definition) is 9. The lowest BCUT2D eigenvalue weighted by Gasteiger charge is -2.14. The molecule has 0 aromatic heterocycles. The normalized spacial score (nSPS) is 11.3. The number of guanidine groups is 1. The molecule has 0 saturated heterocycles. The minimum atomic E-state index is -4.52. The number of methoxy groups -OCH3 is 2. The van der Waals surface area contributed by atoms with Gasteiger partial charge in [0.25, 0.3) is 20.0 Å². The van der Waals surface area contributed by atoms with Crippen molar-refractivity contribution in [1.29, 1.82) is 5.41 Å². The van der Waals surface area contributed by atoms with Gasteiger partial charge in [-0.25, -0.2) is 35.9 Å². The van der Waals surface area contributed by atoms with Crippen LogP contribution in [0.25, 0.3) is 0 Å². The number of carbonyl (C=O) groups is 2. The number of nitrogens with one attached hydrogen (secondary N) is 3. The molecule has 11 nitrogen and oxygen atoms in total. The second kappa shape index (κ2) is 8.92. The molecule has 0 radical (unpaired) electrons. The average Bonchev–Trinajstić information content (AvgIpc) is 2.71. The number of benzene rings is 2. The molecule has 3 N–H and O–H groups in total. The Hall–Kier alpha value is -3.45. The Morgan fingerprint density at radius 3 is 1.40 bits per heavy atom. The zero-order valence-electron chi connectivity index (χ0n) is 15.7. The summed E-state index contributed by atoms with van der Waals surface area (Å²) >= 11 is 0. The summed E-state index contributed by atoms with van der Waals surface area (Å²) in [4.78, 5) is 22.5. The topological polar surface area (TPSA) is 169 Å². The van der Waals surface area contributed by atoms with Gasteiger partial charge >= 0.3 is 11.9 Å². The van der Waals surface area contributed by atoms with Crippen LogP contribution in [0.3, 0.4) is 0 Å². The molecule has 0 aliphatic heterocycles. The summed E-state index contributed by atoms with van der Waals surface area (Å²) in [5, 5.41) is 7.73. The Morgan fingerprint density at radius 1 is 0.733 bits per heavy atom. The van der Waals surface area contributed by atoms with Gasteiger partial charge in [0.1, 0.15) is 9.79 Å². The van der Waals surface area contributed by atoms with Crippen LogP contribution >= 0.6 is 0 Å². The molecule has 0 aliphatic carbocycles. The first kappa shape index (κ1) is 22.8. The van der Waals surface area contributed by atoms with Crippen molar-refractivity contribution in [2.75, 3.05) is 14.2 Å². The smallest absolute Gasteiger partial charge is 0.339 e. The van der Waals surface area contributed by atoms with Gasteiger partial charge in [0, 0.05) is 0 Å². The van der Waals surface area contributed by atoms with Crippen LogP contribution in [-0.4, -0.2) is 49.0 Å². The predicted octanol–water partition coefficient (Wildman–Crippen LogP) is 0.451. The fourth-order valence-electron chi connectivity index (χ4n) is 2.36. The van der Waals surface area contributed by atoms with Crippen LogP contribution in [0.1, 0.15) is 20.7 Å². The Kier molecular flexibility index (Phi) is 6.79. The summed E-state index contributed by atoms with van der Waals surface area (Å²) in [5.41, 5.74) is -0.613. The molecule has 2 aromatic rings. The van der Waals surface area contributed by atoms with E-state index in [1.807, 2.05) is 0 Å². The molecule has 0 spiro atoms. The number of ether oxygens (including phenoxy) is 2. The summed E-state index contributed by atoms with van der Waals surface area (Å²) in [6.07, 6.45) is 0. The summed E-state index contributed by atoms with van der Waals surface area (Å²) in [6, 6.07) is 10.0. The van der Waals surface area contributed by atoms with Gasteiger partial charge in [0.05, 0.1) is 25.3 Å². The highest BCUT2D eigenvalue weighted by Crippen LogP contribution is 2.18. The van der Waals surface area contributed by atoms with Crippen LogP contribution in [0, 0.1) is 5.41 Å². The monoisotopic (exact) mass is 455 g/mol. The fraction of sp³-hybridized carbons (Fsp3) is 0.118. The van der Waals surface area contributed by atoms with Crippen molar-refractivity contribution in [3.63, 3.8) is 0 Å². The van der Waals surface area contributed by atoms with E-state index in [9.17, 15) is 26.4 Å². The Balaban J connectivity index is 2.32. The lowest BCUT2D eigenvalue weighted by Crippen LogP contribution is -2.43. The van der Waals surface area contributed by atoms with E-state index < -0.39 is 47.7 Å². The molecular formula is C17H17N3O8S2. The molecule has 2 rings (SSSR count). The van der Waals surface area contributed by atoms with Gasteiger partial charge in [-0.15, -0.1) is 0 Å². The third-order valence-corrected chi connectivity index (χ3v) is 6.45. The SMILES string of the molecule is COC(=O)c1ccccc1S(=O)(=O)NC(=N)NS(=O)(=O)c1ccccc1C(=O)OC. The average molecular weight is 455 g/mol. The van der Waals surface area contributed by atoms with Gasteiger partial charge in [-0.2, -0.15) is 0 Å². The minimum absolute atomic E-state index is 0.306. The standard InChI is InChI=1S/C17H17N3O8S2/c1-27-15(21)11-7-3-5-9-13(11)29(23,24)19-17(18)20-30(25,26)14-10-6-4-8-12(14)16(22)28-2/h3-10H,1-2H3,(H3,18,19,20). The zero-order chi connectivity index (χ0) is 22.5. The van der Waals surface area contributed by atoms with Crippen molar-refractivity contribution in [3.05, 3.63) is 59.7 Å². The summed E-state index contributed by atoms with van der Waals surface area (Å²) in [6.45, 7) is 0. The summed E-state index contributed by atoms with van der Waals surface area (Å²) < 4.78 is 62.7. The second-order valence-corrected chi connectivity index (χ2v) is 8.86. The van der Waals surface area contributed by atoms with E-state index in [4.69, 9.17) is 5.41 Å². The van der Waals surface area contributed by atoms with Crippen molar-refractivity contribution < 1.29 is 35.9 Å². The lowest BCUT2D eigenvalue weighted by molar-refractivity contribution is 0.0587. The van der Waals surface area contributed by atoms with Crippen molar-refractivity contribution >= 4 is 37.9 Å². The zero-order valence-corrected chi connectivity index (χ0v) is 17.3. The molecule has 30 heavy (non-hydrogen) atoms. The van der Waals surface area contributed by atoms with Crippen LogP contribution in [0.2, 0.25) is 0 Å². The van der Waals surface area contributed by atoms with Crippen molar-refractivity contribution in [3.8, 4) is 0 Å². The van der Waals surface area contributed by atoms with Gasteiger partial charge in [0.2, 0.25) is 5.96 Å². The van der Waals surface area contributed by atoms with Gasteiger partial charge in [-0.05, 0) is 24.3 Å². The highest BCUT2D eigenvalue weighted by atomic mass is 32.2. The first-order valence-electron chi connectivity index (χ1n) is 8.02. The third-order valence-electron chi connectivity index (χ3n) is 3.64. The minimum Gasteiger partial charge on any atom is -0.465 e. The maximum absolute atomic E-state index is 12.6. The van der Waals surface area contributed by atoms with Gasteiger partial charge in [0.15, 0.2) is 0 Å². The van der Waals surface area contributed by atoms with Crippen LogP contribution in [0.15, 0.2) is 58.3 Å². The van der Waals surface area contributed by atoms with Crippen molar-refractivity contribution in [2.45, 2.75) is 9.79 Å². The van der Waals surface area contributed by atoms with Crippen molar-refractivity contribution in [1.82, 2.24) is 9.44 Å². The van der Waals surface area contributed by atoms with Crippen LogP contribution in [0.5, 0.6) is 0 Å². The molecule has 0 amide bonds. The van der Waals surface area contributed by atoms with Gasteiger partial charge in [-0.1, -0.05) is 24.3 Å². The molecule has 0 unspecified atom stereocenters. The molecular weight excluding hydrogens is 438 g/mol. The van der Waals surface area contributed by atoms with E-state index in [-0.39, 0.29) is 11.1 Å². The first-order valence-corrected chi connectivity index (χ1v) is 11.0. The molecule has 0 aliphatic rings. The van der Waals surface area contributed by atoms with E-state index in [0.29, 0.717) is 0 Å². The maximum atomic E-state index is 12.6. The van der Waals surface area contributed by atoms with E-state index in [2.05, 4.69) is 9.47 Å². The predicted molar refractivity (Wildman–Crippen MR) is 104 cm³/mol. The fourth-order valence-corrected chi connectivity index (χ4v) is 4.68. The molecule has 0 heterocycles. The Morgan fingerprint density at radius 2 is 1.07 bits per heavy atom. The molecule has 2 aromatic carbocycles. The van der Waals surface area contributed by atoms with Crippen molar-refractivity contribution in [2.24, 2.45) is 0 Å². The molecule has 0 bridgehead atoms. The number of hydrogen-bond donors (Lipinski definition) is 3. The highest BCUT2D eigenvalue weighted by Gasteiger charge is 2.27. The summed E-state index contributed by atoms with van der Waals surface area (Å²) in [5.74, 6) is -3.00. The molecule has 0 saturated carbocycles.